The summed E-state index contributed by atoms with van der Waals surface area (Å²) < 4.78 is 0. The maximum atomic E-state index is 10.1. The van der Waals surface area contributed by atoms with Crippen molar-refractivity contribution in [2.24, 2.45) is 0 Å². The predicted molar refractivity (Wildman–Crippen MR) is 108 cm³/mol. The van der Waals surface area contributed by atoms with Crippen LogP contribution in [-0.2, 0) is 16.0 Å². The Balaban J connectivity index is 0.000000479. The van der Waals surface area contributed by atoms with Crippen LogP contribution in [0.25, 0.3) is 0 Å². The molecule has 0 saturated carbocycles. The van der Waals surface area contributed by atoms with E-state index in [4.69, 9.17) is 10.2 Å². The highest BCUT2D eigenvalue weighted by atomic mass is 16.4. The van der Waals surface area contributed by atoms with E-state index in [2.05, 4.69) is 5.32 Å². The third-order valence-corrected chi connectivity index (χ3v) is 3.82. The Bertz CT molecular complexity index is 828. The molecular weight excluding hydrogens is 394 g/mol. The van der Waals surface area contributed by atoms with Gasteiger partial charge >= 0.3 is 11.9 Å². The van der Waals surface area contributed by atoms with Gasteiger partial charge in [-0.3, -0.25) is 0 Å². The van der Waals surface area contributed by atoms with E-state index >= 15 is 0 Å². The maximum Gasteiger partial charge on any atom is 0.328 e. The molecule has 0 spiro atoms. The van der Waals surface area contributed by atoms with E-state index in [0.717, 1.165) is 12.0 Å². The first-order valence-electron chi connectivity index (χ1n) is 8.93. The minimum atomic E-state index is -1.26. The molecule has 2 aromatic carbocycles. The van der Waals surface area contributed by atoms with Crippen molar-refractivity contribution in [3.63, 3.8) is 0 Å². The lowest BCUT2D eigenvalue weighted by Crippen LogP contribution is -2.32. The summed E-state index contributed by atoms with van der Waals surface area (Å²) in [5.74, 6) is -2.43. The lowest BCUT2D eigenvalue weighted by molar-refractivity contribution is -0.134. The molecule has 2 rings (SSSR count). The maximum absolute atomic E-state index is 10.1. The molecule has 9 heteroatoms. The number of hydrogen-bond acceptors (Lipinski definition) is 7. The Labute approximate surface area is 173 Å². The molecule has 0 unspecified atom stereocenters. The van der Waals surface area contributed by atoms with Gasteiger partial charge in [-0.15, -0.1) is 0 Å². The summed E-state index contributed by atoms with van der Waals surface area (Å²) in [6, 6.07) is 11.2. The number of benzene rings is 2. The number of carboxylic acid groups (broad SMARTS) is 2. The van der Waals surface area contributed by atoms with Gasteiger partial charge in [0.25, 0.3) is 0 Å². The van der Waals surface area contributed by atoms with E-state index in [-0.39, 0.29) is 23.3 Å². The van der Waals surface area contributed by atoms with Gasteiger partial charge in [0.15, 0.2) is 0 Å². The van der Waals surface area contributed by atoms with Gasteiger partial charge < -0.3 is 36.0 Å². The van der Waals surface area contributed by atoms with Crippen LogP contribution >= 0.6 is 0 Å². The Morgan fingerprint density at radius 2 is 1.40 bits per heavy atom. The van der Waals surface area contributed by atoms with Crippen LogP contribution in [0.2, 0.25) is 0 Å². The summed E-state index contributed by atoms with van der Waals surface area (Å²) in [6.45, 7) is 2.31. The molecule has 9 nitrogen and oxygen atoms in total. The highest BCUT2D eigenvalue weighted by molar-refractivity contribution is 5.89. The molecule has 0 amide bonds. The van der Waals surface area contributed by atoms with Crippen LogP contribution in [0.15, 0.2) is 54.6 Å². The summed E-state index contributed by atoms with van der Waals surface area (Å²) in [5.41, 5.74) is 1.55. The van der Waals surface area contributed by atoms with Crippen molar-refractivity contribution in [2.75, 3.05) is 6.54 Å². The molecule has 0 aromatic heterocycles. The van der Waals surface area contributed by atoms with Gasteiger partial charge in [0.05, 0.1) is 6.10 Å². The van der Waals surface area contributed by atoms with Crippen LogP contribution < -0.4 is 5.32 Å². The Morgan fingerprint density at radius 3 is 1.87 bits per heavy atom. The van der Waals surface area contributed by atoms with Crippen molar-refractivity contribution in [1.82, 2.24) is 5.32 Å². The standard InChI is InChI=1S/C17H21NO4.C4H4O4/c1-11(6-12-2-4-14(19)5-3-12)18-10-17(22)13-7-15(20)9-16(21)8-13;5-3(6)1-2-4(7)8/h2-5,7-9,11,17-22H,6,10H2,1H3;1-2H,(H,5,6)(H,7,8)/b;2-1+/t11-,17+;/m0./s1. The highest BCUT2D eigenvalue weighted by Crippen LogP contribution is 2.24. The number of phenolic OH excluding ortho intramolecular Hbond substituents is 3. The second kappa shape index (κ2) is 12.1. The van der Waals surface area contributed by atoms with E-state index in [1.54, 1.807) is 12.1 Å². The van der Waals surface area contributed by atoms with Crippen molar-refractivity contribution in [1.29, 1.82) is 0 Å². The summed E-state index contributed by atoms with van der Waals surface area (Å²) in [6.07, 6.45) is 1.06. The lowest BCUT2D eigenvalue weighted by Gasteiger charge is -2.18. The number of aliphatic hydroxyl groups is 1. The van der Waals surface area contributed by atoms with Crippen LogP contribution in [-0.4, -0.2) is 55.2 Å². The molecule has 0 radical (unpaired) electrons. The molecule has 0 saturated heterocycles. The number of aliphatic carboxylic acids is 2. The van der Waals surface area contributed by atoms with Crippen molar-refractivity contribution in [3.05, 3.63) is 65.7 Å². The zero-order valence-electron chi connectivity index (χ0n) is 16.3. The smallest absolute Gasteiger partial charge is 0.328 e. The molecular formula is C21H25NO8. The fourth-order valence-corrected chi connectivity index (χ4v) is 2.44. The topological polar surface area (TPSA) is 168 Å². The molecule has 0 fully saturated rings. The van der Waals surface area contributed by atoms with Gasteiger partial charge in [0, 0.05) is 30.8 Å². The SMILES string of the molecule is C[C@@H](Cc1ccc(O)cc1)NC[C@@H](O)c1cc(O)cc(O)c1.O=C(O)/C=C/C(=O)O. The van der Waals surface area contributed by atoms with Crippen LogP contribution in [0.1, 0.15) is 24.2 Å². The first-order valence-corrected chi connectivity index (χ1v) is 8.93. The molecule has 30 heavy (non-hydrogen) atoms. The Hall–Kier alpha value is -3.56. The average molecular weight is 419 g/mol. The Kier molecular flexibility index (Phi) is 9.87. The van der Waals surface area contributed by atoms with Gasteiger partial charge in [-0.2, -0.15) is 0 Å². The highest BCUT2D eigenvalue weighted by Gasteiger charge is 2.12. The minimum absolute atomic E-state index is 0.0776. The van der Waals surface area contributed by atoms with Gasteiger partial charge in [-0.25, -0.2) is 9.59 Å². The number of carboxylic acids is 2. The van der Waals surface area contributed by atoms with E-state index < -0.39 is 18.0 Å². The molecule has 0 heterocycles. The fraction of sp³-hybridized carbons (Fsp3) is 0.238. The average Bonchev–Trinajstić information content (AvgIpc) is 2.66. The molecule has 2 atom stereocenters. The lowest BCUT2D eigenvalue weighted by atomic mass is 10.1. The predicted octanol–water partition coefficient (Wildman–Crippen LogP) is 1.77. The van der Waals surface area contributed by atoms with E-state index in [1.165, 1.54) is 18.2 Å². The number of carbonyl (C=O) groups is 2. The van der Waals surface area contributed by atoms with Gasteiger partial charge in [-0.05, 0) is 48.7 Å². The normalized spacial score (nSPS) is 12.6. The fourth-order valence-electron chi connectivity index (χ4n) is 2.44. The zero-order chi connectivity index (χ0) is 22.7. The van der Waals surface area contributed by atoms with Crippen molar-refractivity contribution < 1.29 is 40.2 Å². The Morgan fingerprint density at radius 1 is 0.900 bits per heavy atom. The van der Waals surface area contributed by atoms with Gasteiger partial charge in [0.1, 0.15) is 17.2 Å². The van der Waals surface area contributed by atoms with E-state index in [1.807, 2.05) is 19.1 Å². The van der Waals surface area contributed by atoms with Crippen molar-refractivity contribution in [2.45, 2.75) is 25.5 Å². The zero-order valence-corrected chi connectivity index (χ0v) is 16.3. The third-order valence-electron chi connectivity index (χ3n) is 3.82. The first-order chi connectivity index (χ1) is 14.1. The van der Waals surface area contributed by atoms with Crippen LogP contribution in [0.3, 0.4) is 0 Å². The summed E-state index contributed by atoms with van der Waals surface area (Å²) in [5, 5.41) is 57.0. The molecule has 0 aliphatic rings. The first kappa shape index (κ1) is 24.5. The summed E-state index contributed by atoms with van der Waals surface area (Å²) in [7, 11) is 0. The van der Waals surface area contributed by atoms with Gasteiger partial charge in [-0.1, -0.05) is 12.1 Å². The number of aliphatic hydroxyl groups excluding tert-OH is 1. The second-order valence-corrected chi connectivity index (χ2v) is 6.49. The molecule has 0 aliphatic heterocycles. The van der Waals surface area contributed by atoms with Crippen molar-refractivity contribution in [3.8, 4) is 17.2 Å². The molecule has 0 bridgehead atoms. The van der Waals surface area contributed by atoms with Crippen LogP contribution in [0.5, 0.6) is 17.2 Å². The molecule has 0 aliphatic carbocycles. The molecule has 2 aromatic rings. The number of rotatable bonds is 8. The van der Waals surface area contributed by atoms with Crippen molar-refractivity contribution >= 4 is 11.9 Å². The monoisotopic (exact) mass is 419 g/mol. The number of hydrogen-bond donors (Lipinski definition) is 7. The van der Waals surface area contributed by atoms with Crippen LogP contribution in [0.4, 0.5) is 0 Å². The number of aromatic hydroxyl groups is 3. The summed E-state index contributed by atoms with van der Waals surface area (Å²) in [4.78, 5) is 19.1. The van der Waals surface area contributed by atoms with Crippen LogP contribution in [0, 0.1) is 0 Å². The number of nitrogens with one attached hydrogen (secondary N) is 1. The minimum Gasteiger partial charge on any atom is -0.508 e. The van der Waals surface area contributed by atoms with Gasteiger partial charge in [0.2, 0.25) is 0 Å². The largest absolute Gasteiger partial charge is 0.508 e. The van der Waals surface area contributed by atoms with E-state index in [0.29, 0.717) is 24.3 Å². The summed E-state index contributed by atoms with van der Waals surface area (Å²) >= 11 is 0. The molecule has 7 N–H and O–H groups in total. The molecule has 162 valence electrons. The second-order valence-electron chi connectivity index (χ2n) is 6.49. The van der Waals surface area contributed by atoms with E-state index in [9.17, 15) is 30.0 Å². The third kappa shape index (κ3) is 10.1. The number of phenols is 3. The quantitative estimate of drug-likeness (QED) is 0.315.